The highest BCUT2D eigenvalue weighted by molar-refractivity contribution is 6.27. The van der Waals surface area contributed by atoms with Crippen LogP contribution in [0.5, 0.6) is 5.75 Å². The normalized spacial score (nSPS) is 10.4. The van der Waals surface area contributed by atoms with Crippen LogP contribution in [-0.2, 0) is 32.6 Å². The number of carboxylic acids is 4. The van der Waals surface area contributed by atoms with E-state index in [-0.39, 0.29) is 5.78 Å². The Hall–Kier alpha value is -4.91. The number of nitrogens with zero attached hydrogens (tertiary/aromatic N) is 2. The molecule has 0 unspecified atom stereocenters. The molecule has 6 N–H and O–H groups in total. The fraction of sp³-hybridized carbons (Fsp3) is 0.457. The van der Waals surface area contributed by atoms with Crippen LogP contribution in [0.15, 0.2) is 42.5 Å². The van der Waals surface area contributed by atoms with Crippen LogP contribution in [0.3, 0.4) is 0 Å². The third kappa shape index (κ3) is 13.8. The number of nitrogens with two attached hydrogens (primary N) is 1. The standard InChI is InChI=1S/C31H45N3O2.2C2H2O4/c1-5-8-12-29-30(27-23-25(32)15-18-28(27)33(29)4)31(35)24-13-16-26(17-14-24)36-22-11-21-34(19-9-6-2)20-10-7-3;2*3-1(4)2(5)6/h13-18,23H,5-12,19-22,32H2,1-4H3;2*(H,3,4)(H,5,6). The van der Waals surface area contributed by atoms with Crippen molar-refractivity contribution in [3.8, 4) is 5.75 Å². The summed E-state index contributed by atoms with van der Waals surface area (Å²) in [6.45, 7) is 10.8. The molecule has 13 nitrogen and oxygen atoms in total. The molecule has 48 heavy (non-hydrogen) atoms. The quantitative estimate of drug-likeness (QED) is 0.0567. The highest BCUT2D eigenvalue weighted by atomic mass is 16.5. The zero-order valence-electron chi connectivity index (χ0n) is 28.2. The van der Waals surface area contributed by atoms with Crippen LogP contribution in [0, 0.1) is 0 Å². The highest BCUT2D eigenvalue weighted by Crippen LogP contribution is 2.31. The van der Waals surface area contributed by atoms with Crippen LogP contribution < -0.4 is 10.5 Å². The molecule has 3 aromatic rings. The Morgan fingerprint density at radius 2 is 1.23 bits per heavy atom. The number of aromatic nitrogens is 1. The van der Waals surface area contributed by atoms with Crippen molar-refractivity contribution in [1.82, 2.24) is 9.47 Å². The van der Waals surface area contributed by atoms with Crippen LogP contribution >= 0.6 is 0 Å². The van der Waals surface area contributed by atoms with Gasteiger partial charge in [-0.25, -0.2) is 19.2 Å². The molecule has 0 atom stereocenters. The number of ketones is 1. The molecule has 0 saturated carbocycles. The Bertz CT molecular complexity index is 1440. The van der Waals surface area contributed by atoms with Gasteiger partial charge in [-0.1, -0.05) is 40.0 Å². The van der Waals surface area contributed by atoms with Gasteiger partial charge in [0.05, 0.1) is 12.2 Å². The second-order valence-corrected chi connectivity index (χ2v) is 11.1. The maximum atomic E-state index is 13.7. The van der Waals surface area contributed by atoms with Crippen molar-refractivity contribution in [2.45, 2.75) is 72.1 Å². The van der Waals surface area contributed by atoms with Gasteiger partial charge < -0.3 is 40.4 Å². The van der Waals surface area contributed by atoms with E-state index >= 15 is 0 Å². The molecule has 0 aliphatic rings. The van der Waals surface area contributed by atoms with Gasteiger partial charge in [0, 0.05) is 41.4 Å². The first-order valence-corrected chi connectivity index (χ1v) is 16.1. The van der Waals surface area contributed by atoms with Gasteiger partial charge in [-0.2, -0.15) is 0 Å². The van der Waals surface area contributed by atoms with Gasteiger partial charge >= 0.3 is 23.9 Å². The number of carboxylic acid groups (broad SMARTS) is 4. The van der Waals surface area contributed by atoms with E-state index in [0.717, 1.165) is 60.1 Å². The molecular formula is C35H49N3O10. The van der Waals surface area contributed by atoms with Crippen LogP contribution in [-0.4, -0.2) is 85.8 Å². The molecule has 0 bridgehead atoms. The van der Waals surface area contributed by atoms with Gasteiger partial charge in [-0.05, 0) is 87.7 Å². The molecule has 0 spiro atoms. The monoisotopic (exact) mass is 671 g/mol. The van der Waals surface area contributed by atoms with Gasteiger partial charge in [0.1, 0.15) is 5.75 Å². The molecule has 3 rings (SSSR count). The number of fused-ring (bicyclic) bond motifs is 1. The number of aliphatic carboxylic acids is 4. The van der Waals surface area contributed by atoms with Crippen LogP contribution in [0.25, 0.3) is 10.9 Å². The molecular weight excluding hydrogens is 622 g/mol. The first-order chi connectivity index (χ1) is 22.8. The molecule has 2 aromatic carbocycles. The number of carbonyl (C=O) groups is 5. The molecule has 1 heterocycles. The van der Waals surface area contributed by atoms with Crippen LogP contribution in [0.4, 0.5) is 5.69 Å². The summed E-state index contributed by atoms with van der Waals surface area (Å²) < 4.78 is 8.17. The third-order valence-electron chi connectivity index (χ3n) is 7.36. The minimum absolute atomic E-state index is 0.0475. The number of aryl methyl sites for hydroxylation is 1. The topological polar surface area (TPSA) is 210 Å². The number of unbranched alkanes of at least 4 members (excludes halogenated alkanes) is 3. The van der Waals surface area contributed by atoms with Gasteiger partial charge in [-0.15, -0.1) is 0 Å². The van der Waals surface area contributed by atoms with E-state index in [1.807, 2.05) is 49.5 Å². The lowest BCUT2D eigenvalue weighted by Crippen LogP contribution is -2.28. The van der Waals surface area contributed by atoms with Gasteiger partial charge in [-0.3, -0.25) is 4.79 Å². The van der Waals surface area contributed by atoms with Crippen molar-refractivity contribution in [3.63, 3.8) is 0 Å². The number of carbonyl (C=O) groups excluding carboxylic acids is 1. The van der Waals surface area contributed by atoms with Crippen molar-refractivity contribution < 1.29 is 49.1 Å². The van der Waals surface area contributed by atoms with E-state index in [0.29, 0.717) is 17.9 Å². The van der Waals surface area contributed by atoms with Crippen molar-refractivity contribution in [2.75, 3.05) is 32.0 Å². The Balaban J connectivity index is 0.000000817. The third-order valence-corrected chi connectivity index (χ3v) is 7.36. The number of ether oxygens (including phenoxy) is 1. The first kappa shape index (κ1) is 41.1. The SMILES string of the molecule is CCCCc1c(C(=O)c2ccc(OCCCN(CCCC)CCCC)cc2)c2cc(N)ccc2n1C.O=C(O)C(=O)O.O=C(O)C(=O)O. The first-order valence-electron chi connectivity index (χ1n) is 16.1. The second-order valence-electron chi connectivity index (χ2n) is 11.1. The summed E-state index contributed by atoms with van der Waals surface area (Å²) >= 11 is 0. The van der Waals surface area contributed by atoms with Crippen molar-refractivity contribution in [1.29, 1.82) is 0 Å². The molecule has 0 saturated heterocycles. The van der Waals surface area contributed by atoms with Crippen molar-refractivity contribution >= 4 is 46.3 Å². The van der Waals surface area contributed by atoms with E-state index in [9.17, 15) is 4.79 Å². The van der Waals surface area contributed by atoms with E-state index in [1.54, 1.807) is 0 Å². The Morgan fingerprint density at radius 3 is 1.71 bits per heavy atom. The predicted octanol–water partition coefficient (Wildman–Crippen LogP) is 5.32. The largest absolute Gasteiger partial charge is 0.494 e. The van der Waals surface area contributed by atoms with E-state index in [2.05, 4.69) is 30.2 Å². The molecule has 0 amide bonds. The zero-order chi connectivity index (χ0) is 36.2. The van der Waals surface area contributed by atoms with Gasteiger partial charge in [0.15, 0.2) is 5.78 Å². The lowest BCUT2D eigenvalue weighted by Gasteiger charge is -2.21. The summed E-state index contributed by atoms with van der Waals surface area (Å²) in [5.41, 5.74) is 10.4. The average Bonchev–Trinajstić information content (AvgIpc) is 3.33. The molecule has 0 aliphatic heterocycles. The fourth-order valence-electron chi connectivity index (χ4n) is 4.83. The van der Waals surface area contributed by atoms with Crippen LogP contribution in [0.1, 0.15) is 87.3 Å². The Kier molecular flexibility index (Phi) is 18.7. The molecule has 0 aliphatic carbocycles. The lowest BCUT2D eigenvalue weighted by molar-refractivity contribution is -0.159. The number of rotatable bonds is 16. The molecule has 264 valence electrons. The number of hydrogen-bond acceptors (Lipinski definition) is 8. The van der Waals surface area contributed by atoms with E-state index in [1.165, 1.54) is 38.8 Å². The van der Waals surface area contributed by atoms with Gasteiger partial charge in [0.25, 0.3) is 0 Å². The Labute approximate surface area is 280 Å². The minimum Gasteiger partial charge on any atom is -0.494 e. The summed E-state index contributed by atoms with van der Waals surface area (Å²) in [6, 6.07) is 13.5. The number of hydrogen-bond donors (Lipinski definition) is 5. The molecule has 13 heteroatoms. The number of benzene rings is 2. The molecule has 1 aromatic heterocycles. The Morgan fingerprint density at radius 1 is 0.729 bits per heavy atom. The maximum Gasteiger partial charge on any atom is 0.414 e. The maximum absolute atomic E-state index is 13.7. The molecule has 0 fully saturated rings. The van der Waals surface area contributed by atoms with Gasteiger partial charge in [0.2, 0.25) is 0 Å². The predicted molar refractivity (Wildman–Crippen MR) is 183 cm³/mol. The summed E-state index contributed by atoms with van der Waals surface area (Å²) in [5.74, 6) is -6.44. The second kappa shape index (κ2) is 21.8. The summed E-state index contributed by atoms with van der Waals surface area (Å²) in [7, 11) is 2.04. The smallest absolute Gasteiger partial charge is 0.414 e. The van der Waals surface area contributed by atoms with Crippen molar-refractivity contribution in [3.05, 3.63) is 59.3 Å². The zero-order valence-corrected chi connectivity index (χ0v) is 28.2. The number of nitrogen functional groups attached to an aromatic ring is 1. The van der Waals surface area contributed by atoms with Crippen molar-refractivity contribution in [2.24, 2.45) is 7.05 Å². The lowest BCUT2D eigenvalue weighted by atomic mass is 9.98. The fourth-order valence-corrected chi connectivity index (χ4v) is 4.83. The summed E-state index contributed by atoms with van der Waals surface area (Å²) in [5, 5.41) is 30.5. The van der Waals surface area contributed by atoms with E-state index in [4.69, 9.17) is 50.1 Å². The van der Waals surface area contributed by atoms with E-state index < -0.39 is 23.9 Å². The highest BCUT2D eigenvalue weighted by Gasteiger charge is 2.22. The van der Waals surface area contributed by atoms with Crippen LogP contribution in [0.2, 0.25) is 0 Å². The summed E-state index contributed by atoms with van der Waals surface area (Å²) in [4.78, 5) is 52.6. The number of anilines is 1. The summed E-state index contributed by atoms with van der Waals surface area (Å²) in [6.07, 6.45) is 8.98. The molecule has 0 radical (unpaired) electrons. The minimum atomic E-state index is -1.82. The average molecular weight is 672 g/mol.